The summed E-state index contributed by atoms with van der Waals surface area (Å²) in [6.45, 7) is 10.4. The van der Waals surface area contributed by atoms with Gasteiger partial charge in [0.05, 0.1) is 0 Å². The SMILES string of the molecule is CC(=O)N1CC(C(NC(=O)[C@@H]2[C@@H]3[C@H](CN2C(=O)C(NC(=O)C(F)(F)F)C(C)(C)C)C3(C)C)C(N)=O)C1. The molecule has 0 aromatic carbocycles. The van der Waals surface area contributed by atoms with Gasteiger partial charge in [-0.3, -0.25) is 24.0 Å². The van der Waals surface area contributed by atoms with Crippen molar-refractivity contribution in [3.63, 3.8) is 0 Å². The van der Waals surface area contributed by atoms with E-state index in [-0.39, 0.29) is 42.8 Å². The number of fused-ring (bicyclic) bond motifs is 1. The third-order valence-electron chi connectivity index (χ3n) is 7.84. The molecule has 2 saturated heterocycles. The molecule has 0 radical (unpaired) electrons. The number of hydrogen-bond acceptors (Lipinski definition) is 5. The molecule has 10 nitrogen and oxygen atoms in total. The van der Waals surface area contributed by atoms with Crippen LogP contribution in [0.3, 0.4) is 0 Å². The number of nitrogens with zero attached hydrogens (tertiary/aromatic N) is 2. The summed E-state index contributed by atoms with van der Waals surface area (Å²) in [6, 6.07) is -3.66. The molecule has 2 heterocycles. The number of carbonyl (C=O) groups is 5. The van der Waals surface area contributed by atoms with Crippen LogP contribution in [-0.2, 0) is 24.0 Å². The van der Waals surface area contributed by atoms with Gasteiger partial charge in [0.1, 0.15) is 18.1 Å². The molecular weight excluding hydrogens is 483 g/mol. The Morgan fingerprint density at radius 2 is 1.56 bits per heavy atom. The molecule has 1 saturated carbocycles. The van der Waals surface area contributed by atoms with Gasteiger partial charge in [0, 0.05) is 32.5 Å². The van der Waals surface area contributed by atoms with Crippen LogP contribution in [0.25, 0.3) is 0 Å². The quantitative estimate of drug-likeness (QED) is 0.455. The largest absolute Gasteiger partial charge is 0.471 e. The number of alkyl halides is 3. The van der Waals surface area contributed by atoms with E-state index in [1.165, 1.54) is 37.5 Å². The number of nitrogens with one attached hydrogen (secondary N) is 2. The lowest BCUT2D eigenvalue weighted by Gasteiger charge is -2.43. The van der Waals surface area contributed by atoms with Gasteiger partial charge in [-0.15, -0.1) is 0 Å². The normalized spacial score (nSPS) is 26.9. The van der Waals surface area contributed by atoms with Crippen molar-refractivity contribution in [3.05, 3.63) is 0 Å². The first-order valence-corrected chi connectivity index (χ1v) is 11.8. The van der Waals surface area contributed by atoms with Crippen molar-refractivity contribution in [1.29, 1.82) is 0 Å². The number of hydrogen-bond donors (Lipinski definition) is 3. The molecule has 3 rings (SSSR count). The second-order valence-corrected chi connectivity index (χ2v) is 11.7. The van der Waals surface area contributed by atoms with E-state index < -0.39 is 59.3 Å². The Morgan fingerprint density at radius 3 is 2.00 bits per heavy atom. The molecule has 4 N–H and O–H groups in total. The van der Waals surface area contributed by atoms with E-state index in [9.17, 15) is 37.1 Å². The molecule has 2 unspecified atom stereocenters. The van der Waals surface area contributed by atoms with Crippen molar-refractivity contribution in [2.45, 2.75) is 65.8 Å². The Bertz CT molecular complexity index is 970. The summed E-state index contributed by atoms with van der Waals surface area (Å²) in [5, 5.41) is 4.43. The molecule has 5 atom stereocenters. The minimum Gasteiger partial charge on any atom is -0.368 e. The van der Waals surface area contributed by atoms with Gasteiger partial charge < -0.3 is 26.2 Å². The highest BCUT2D eigenvalue weighted by molar-refractivity contribution is 5.96. The second kappa shape index (κ2) is 8.91. The zero-order chi connectivity index (χ0) is 27.5. The number of halogens is 3. The molecule has 1 aliphatic carbocycles. The Labute approximate surface area is 207 Å². The number of piperidine rings is 1. The third-order valence-corrected chi connectivity index (χ3v) is 7.84. The average molecular weight is 518 g/mol. The minimum absolute atomic E-state index is 0.0694. The van der Waals surface area contributed by atoms with E-state index in [1.54, 1.807) is 5.32 Å². The van der Waals surface area contributed by atoms with Gasteiger partial charge in [0.25, 0.3) is 0 Å². The van der Waals surface area contributed by atoms with E-state index in [2.05, 4.69) is 5.32 Å². The Morgan fingerprint density at radius 1 is 1.00 bits per heavy atom. The van der Waals surface area contributed by atoms with E-state index in [4.69, 9.17) is 5.73 Å². The Balaban J connectivity index is 1.83. The molecule has 0 aromatic rings. The van der Waals surface area contributed by atoms with E-state index in [0.717, 1.165) is 0 Å². The number of likely N-dealkylation sites (tertiary alicyclic amines) is 2. The van der Waals surface area contributed by atoms with E-state index in [1.807, 2.05) is 13.8 Å². The third kappa shape index (κ3) is 5.01. The lowest BCUT2D eigenvalue weighted by atomic mass is 9.85. The molecule has 3 aliphatic rings. The zero-order valence-electron chi connectivity index (χ0n) is 21.2. The van der Waals surface area contributed by atoms with Gasteiger partial charge in [0.2, 0.25) is 23.6 Å². The molecular formula is C23H34F3N5O5. The topological polar surface area (TPSA) is 142 Å². The van der Waals surface area contributed by atoms with Crippen molar-refractivity contribution >= 4 is 29.5 Å². The van der Waals surface area contributed by atoms with Crippen LogP contribution >= 0.6 is 0 Å². The first kappa shape index (κ1) is 27.7. The molecule has 0 bridgehead atoms. The highest BCUT2D eigenvalue weighted by atomic mass is 19.4. The van der Waals surface area contributed by atoms with Crippen molar-refractivity contribution in [2.75, 3.05) is 19.6 Å². The molecule has 3 fully saturated rings. The average Bonchev–Trinajstić information content (AvgIpc) is 3.03. The van der Waals surface area contributed by atoms with Crippen molar-refractivity contribution < 1.29 is 37.1 Å². The monoisotopic (exact) mass is 517 g/mol. The van der Waals surface area contributed by atoms with Gasteiger partial charge in [-0.2, -0.15) is 13.2 Å². The maximum Gasteiger partial charge on any atom is 0.471 e. The number of rotatable bonds is 6. The summed E-state index contributed by atoms with van der Waals surface area (Å²) in [4.78, 5) is 65.0. The first-order chi connectivity index (χ1) is 16.3. The molecule has 2 aliphatic heterocycles. The van der Waals surface area contributed by atoms with Crippen LogP contribution in [0, 0.1) is 28.6 Å². The first-order valence-electron chi connectivity index (χ1n) is 11.8. The molecule has 202 valence electrons. The molecule has 0 aromatic heterocycles. The second-order valence-electron chi connectivity index (χ2n) is 11.7. The number of amides is 5. The van der Waals surface area contributed by atoms with Crippen molar-refractivity contribution in [2.24, 2.45) is 34.3 Å². The standard InChI is InChI=1S/C23H34F3N5O5/c1-10(32)30-7-11(8-30)14(17(27)33)28-18(34)15-13-12(22(13,5)6)9-31(15)19(35)16(21(2,3)4)29-20(36)23(24,25)26/h11-16H,7-9H2,1-6H3,(H2,27,33)(H,28,34)(H,29,36)/t12-,13-,14?,15-,16?/m0/s1. The van der Waals surface area contributed by atoms with Gasteiger partial charge in [-0.25, -0.2) is 0 Å². The Kier molecular flexibility index (Phi) is 6.86. The predicted molar refractivity (Wildman–Crippen MR) is 121 cm³/mol. The van der Waals surface area contributed by atoms with Crippen molar-refractivity contribution in [1.82, 2.24) is 20.4 Å². The number of primary amides is 1. The fourth-order valence-corrected chi connectivity index (χ4v) is 5.48. The fraction of sp³-hybridized carbons (Fsp3) is 0.783. The lowest BCUT2D eigenvalue weighted by Crippen LogP contribution is -2.65. The van der Waals surface area contributed by atoms with Gasteiger partial charge in [-0.1, -0.05) is 34.6 Å². The van der Waals surface area contributed by atoms with E-state index in [0.29, 0.717) is 0 Å². The van der Waals surface area contributed by atoms with Crippen LogP contribution in [0.5, 0.6) is 0 Å². The Hall–Kier alpha value is -2.86. The summed E-state index contributed by atoms with van der Waals surface area (Å²) in [7, 11) is 0. The van der Waals surface area contributed by atoms with Crippen molar-refractivity contribution in [3.8, 4) is 0 Å². The molecule has 0 spiro atoms. The summed E-state index contributed by atoms with van der Waals surface area (Å²) < 4.78 is 38.9. The fourth-order valence-electron chi connectivity index (χ4n) is 5.48. The van der Waals surface area contributed by atoms with Crippen LogP contribution in [0.2, 0.25) is 0 Å². The summed E-state index contributed by atoms with van der Waals surface area (Å²) in [6.07, 6.45) is -5.18. The summed E-state index contributed by atoms with van der Waals surface area (Å²) in [5.74, 6) is -5.38. The highest BCUT2D eigenvalue weighted by Gasteiger charge is 2.70. The number of nitrogens with two attached hydrogens (primary N) is 1. The van der Waals surface area contributed by atoms with Gasteiger partial charge in [-0.05, 0) is 22.7 Å². The van der Waals surface area contributed by atoms with E-state index >= 15 is 0 Å². The highest BCUT2D eigenvalue weighted by Crippen LogP contribution is 2.65. The predicted octanol–water partition coefficient (Wildman–Crippen LogP) is 0.0110. The summed E-state index contributed by atoms with van der Waals surface area (Å²) in [5.41, 5.74) is 4.14. The number of carbonyl (C=O) groups excluding carboxylic acids is 5. The molecule has 36 heavy (non-hydrogen) atoms. The molecule has 13 heteroatoms. The maximum atomic E-state index is 13.5. The van der Waals surface area contributed by atoms with Crippen LogP contribution in [-0.4, -0.2) is 83.3 Å². The van der Waals surface area contributed by atoms with Crippen LogP contribution in [0.4, 0.5) is 13.2 Å². The smallest absolute Gasteiger partial charge is 0.368 e. The maximum absolute atomic E-state index is 13.5. The van der Waals surface area contributed by atoms with Gasteiger partial charge in [0.15, 0.2) is 0 Å². The lowest BCUT2D eigenvalue weighted by molar-refractivity contribution is -0.176. The van der Waals surface area contributed by atoms with Crippen LogP contribution in [0.15, 0.2) is 0 Å². The minimum atomic E-state index is -5.18. The zero-order valence-corrected chi connectivity index (χ0v) is 21.2. The van der Waals surface area contributed by atoms with Crippen LogP contribution < -0.4 is 16.4 Å². The van der Waals surface area contributed by atoms with Crippen LogP contribution in [0.1, 0.15) is 41.5 Å². The molecule has 5 amide bonds. The summed E-state index contributed by atoms with van der Waals surface area (Å²) >= 11 is 0. The van der Waals surface area contributed by atoms with Gasteiger partial charge >= 0.3 is 12.1 Å².